The Balaban J connectivity index is 2.22. The monoisotopic (exact) mass is 305 g/mol. The molecule has 0 radical (unpaired) electrons. The van der Waals surface area contributed by atoms with E-state index in [1.807, 2.05) is 6.07 Å². The Bertz CT molecular complexity index is 641. The zero-order valence-electron chi connectivity index (χ0n) is 12.8. The van der Waals surface area contributed by atoms with Crippen molar-refractivity contribution >= 4 is 17.3 Å². The Morgan fingerprint density at radius 1 is 1.05 bits per heavy atom. The van der Waals surface area contributed by atoms with Crippen LogP contribution in [0.5, 0.6) is 11.5 Å². The van der Waals surface area contributed by atoms with Crippen LogP contribution in [0.2, 0.25) is 5.02 Å². The van der Waals surface area contributed by atoms with E-state index in [-0.39, 0.29) is 0 Å². The molecule has 4 heteroatoms. The minimum atomic E-state index is 0.609. The summed E-state index contributed by atoms with van der Waals surface area (Å²) in [5.74, 6) is 1.28. The average Bonchev–Trinajstić information content (AvgIpc) is 2.49. The highest BCUT2D eigenvalue weighted by molar-refractivity contribution is 6.33. The molecule has 0 heterocycles. The molecule has 2 rings (SSSR count). The lowest BCUT2D eigenvalue weighted by molar-refractivity contribution is 0.355. The maximum Gasteiger partial charge on any atom is 0.162 e. The highest BCUT2D eigenvalue weighted by atomic mass is 35.5. The SMILES string of the molecule is COc1cc(Cl)c(NCc2cccc(C)c2C)cc1OC. The van der Waals surface area contributed by atoms with Crippen LogP contribution in [0.1, 0.15) is 16.7 Å². The second-order valence-electron chi connectivity index (χ2n) is 4.90. The van der Waals surface area contributed by atoms with Gasteiger partial charge in [-0.15, -0.1) is 0 Å². The van der Waals surface area contributed by atoms with Crippen molar-refractivity contribution in [3.05, 3.63) is 52.0 Å². The lowest BCUT2D eigenvalue weighted by Gasteiger charge is -2.15. The van der Waals surface area contributed by atoms with E-state index in [9.17, 15) is 0 Å². The van der Waals surface area contributed by atoms with Crippen LogP contribution in [-0.2, 0) is 6.54 Å². The first-order chi connectivity index (χ1) is 10.1. The van der Waals surface area contributed by atoms with Gasteiger partial charge in [0, 0.05) is 18.7 Å². The zero-order valence-corrected chi connectivity index (χ0v) is 13.5. The topological polar surface area (TPSA) is 30.5 Å². The number of aryl methyl sites for hydroxylation is 1. The predicted octanol–water partition coefficient (Wildman–Crippen LogP) is 4.59. The summed E-state index contributed by atoms with van der Waals surface area (Å²) in [5, 5.41) is 3.97. The molecule has 0 saturated heterocycles. The Kier molecular flexibility index (Phi) is 4.97. The summed E-state index contributed by atoms with van der Waals surface area (Å²) >= 11 is 6.28. The van der Waals surface area contributed by atoms with Gasteiger partial charge in [-0.1, -0.05) is 29.8 Å². The van der Waals surface area contributed by atoms with Crippen LogP contribution in [-0.4, -0.2) is 14.2 Å². The number of halogens is 1. The number of nitrogens with one attached hydrogen (secondary N) is 1. The van der Waals surface area contributed by atoms with Gasteiger partial charge in [0.15, 0.2) is 11.5 Å². The predicted molar refractivity (Wildman–Crippen MR) is 87.8 cm³/mol. The first-order valence-electron chi connectivity index (χ1n) is 6.77. The van der Waals surface area contributed by atoms with Crippen molar-refractivity contribution in [3.8, 4) is 11.5 Å². The lowest BCUT2D eigenvalue weighted by atomic mass is 10.0. The Hall–Kier alpha value is -1.87. The van der Waals surface area contributed by atoms with E-state index < -0.39 is 0 Å². The van der Waals surface area contributed by atoms with Crippen molar-refractivity contribution < 1.29 is 9.47 Å². The van der Waals surface area contributed by atoms with Crippen LogP contribution >= 0.6 is 11.6 Å². The van der Waals surface area contributed by atoms with Crippen LogP contribution < -0.4 is 14.8 Å². The molecule has 2 aromatic rings. The van der Waals surface area contributed by atoms with Crippen molar-refractivity contribution in [2.75, 3.05) is 19.5 Å². The maximum absolute atomic E-state index is 6.28. The van der Waals surface area contributed by atoms with Gasteiger partial charge in [-0.25, -0.2) is 0 Å². The van der Waals surface area contributed by atoms with Crippen molar-refractivity contribution in [3.63, 3.8) is 0 Å². The van der Waals surface area contributed by atoms with Crippen molar-refractivity contribution in [2.45, 2.75) is 20.4 Å². The first-order valence-corrected chi connectivity index (χ1v) is 7.15. The third kappa shape index (κ3) is 3.42. The molecular weight excluding hydrogens is 286 g/mol. The Labute approximate surface area is 130 Å². The lowest BCUT2D eigenvalue weighted by Crippen LogP contribution is -2.03. The quantitative estimate of drug-likeness (QED) is 0.876. The fraction of sp³-hybridized carbons (Fsp3) is 0.294. The summed E-state index contributed by atoms with van der Waals surface area (Å²) in [7, 11) is 3.21. The molecule has 2 aromatic carbocycles. The van der Waals surface area contributed by atoms with E-state index in [4.69, 9.17) is 21.1 Å². The van der Waals surface area contributed by atoms with Gasteiger partial charge in [-0.2, -0.15) is 0 Å². The molecule has 3 nitrogen and oxygen atoms in total. The normalized spacial score (nSPS) is 10.3. The summed E-state index contributed by atoms with van der Waals surface area (Å²) < 4.78 is 10.5. The number of methoxy groups -OCH3 is 2. The number of rotatable bonds is 5. The molecule has 0 aliphatic rings. The second-order valence-corrected chi connectivity index (χ2v) is 5.31. The van der Waals surface area contributed by atoms with Crippen molar-refractivity contribution in [2.24, 2.45) is 0 Å². The van der Waals surface area contributed by atoms with Crippen LogP contribution in [0.4, 0.5) is 5.69 Å². The highest BCUT2D eigenvalue weighted by Crippen LogP contribution is 2.36. The van der Waals surface area contributed by atoms with Gasteiger partial charge >= 0.3 is 0 Å². The fourth-order valence-electron chi connectivity index (χ4n) is 2.18. The fourth-order valence-corrected chi connectivity index (χ4v) is 2.40. The van der Waals surface area contributed by atoms with Crippen LogP contribution in [0.15, 0.2) is 30.3 Å². The van der Waals surface area contributed by atoms with Gasteiger partial charge in [0.2, 0.25) is 0 Å². The largest absolute Gasteiger partial charge is 0.493 e. The number of anilines is 1. The van der Waals surface area contributed by atoms with Gasteiger partial charge in [0.25, 0.3) is 0 Å². The second kappa shape index (κ2) is 6.72. The molecule has 21 heavy (non-hydrogen) atoms. The number of ether oxygens (including phenoxy) is 2. The molecule has 0 unspecified atom stereocenters. The van der Waals surface area contributed by atoms with Crippen molar-refractivity contribution in [1.82, 2.24) is 0 Å². The van der Waals surface area contributed by atoms with Gasteiger partial charge in [0.1, 0.15) is 0 Å². The van der Waals surface area contributed by atoms with Gasteiger partial charge in [-0.05, 0) is 30.5 Å². The molecule has 0 spiro atoms. The first kappa shape index (κ1) is 15.5. The van der Waals surface area contributed by atoms with E-state index in [1.165, 1.54) is 16.7 Å². The summed E-state index contributed by atoms with van der Waals surface area (Å²) in [5.41, 5.74) is 4.66. The van der Waals surface area contributed by atoms with E-state index in [1.54, 1.807) is 20.3 Å². The van der Waals surface area contributed by atoms with E-state index in [0.717, 1.165) is 5.69 Å². The number of hydrogen-bond acceptors (Lipinski definition) is 3. The molecule has 0 aliphatic carbocycles. The molecule has 0 fully saturated rings. The molecule has 0 atom stereocenters. The minimum Gasteiger partial charge on any atom is -0.493 e. The molecule has 0 aliphatic heterocycles. The third-order valence-electron chi connectivity index (χ3n) is 3.66. The van der Waals surface area contributed by atoms with Crippen LogP contribution in [0.3, 0.4) is 0 Å². The summed E-state index contributed by atoms with van der Waals surface area (Å²) in [6.07, 6.45) is 0. The van der Waals surface area contributed by atoms with Gasteiger partial charge < -0.3 is 14.8 Å². The van der Waals surface area contributed by atoms with Crippen molar-refractivity contribution in [1.29, 1.82) is 0 Å². The smallest absolute Gasteiger partial charge is 0.162 e. The average molecular weight is 306 g/mol. The Morgan fingerprint density at radius 2 is 1.71 bits per heavy atom. The van der Waals surface area contributed by atoms with Gasteiger partial charge in [-0.3, -0.25) is 0 Å². The Morgan fingerprint density at radius 3 is 2.38 bits per heavy atom. The molecule has 0 aromatic heterocycles. The number of hydrogen-bond donors (Lipinski definition) is 1. The molecular formula is C17H20ClNO2. The third-order valence-corrected chi connectivity index (χ3v) is 3.97. The molecule has 0 bridgehead atoms. The molecule has 1 N–H and O–H groups in total. The molecule has 112 valence electrons. The molecule has 0 saturated carbocycles. The van der Waals surface area contributed by atoms with E-state index >= 15 is 0 Å². The standard InChI is InChI=1S/C17H20ClNO2/c1-11-6-5-7-13(12(11)2)10-19-15-9-17(21-4)16(20-3)8-14(15)18/h5-9,19H,10H2,1-4H3. The number of benzene rings is 2. The maximum atomic E-state index is 6.28. The summed E-state index contributed by atoms with van der Waals surface area (Å²) in [4.78, 5) is 0. The van der Waals surface area contributed by atoms with Crippen LogP contribution in [0.25, 0.3) is 0 Å². The highest BCUT2D eigenvalue weighted by Gasteiger charge is 2.10. The van der Waals surface area contributed by atoms with E-state index in [2.05, 4.69) is 37.4 Å². The van der Waals surface area contributed by atoms with Gasteiger partial charge in [0.05, 0.1) is 24.9 Å². The molecule has 0 amide bonds. The zero-order chi connectivity index (χ0) is 15.4. The van der Waals surface area contributed by atoms with Crippen LogP contribution in [0, 0.1) is 13.8 Å². The minimum absolute atomic E-state index is 0.609. The van der Waals surface area contributed by atoms with E-state index in [0.29, 0.717) is 23.1 Å². The summed E-state index contributed by atoms with van der Waals surface area (Å²) in [6, 6.07) is 9.90. The summed E-state index contributed by atoms with van der Waals surface area (Å²) in [6.45, 7) is 4.95.